The summed E-state index contributed by atoms with van der Waals surface area (Å²) in [7, 11) is 1.37. The van der Waals surface area contributed by atoms with E-state index >= 15 is 0 Å². The molecule has 0 saturated carbocycles. The molecule has 8 heteroatoms. The van der Waals surface area contributed by atoms with Gasteiger partial charge in [-0.05, 0) is 18.6 Å². The van der Waals surface area contributed by atoms with E-state index in [2.05, 4.69) is 9.97 Å². The van der Waals surface area contributed by atoms with Crippen LogP contribution in [0.5, 0.6) is 0 Å². The summed E-state index contributed by atoms with van der Waals surface area (Å²) in [5.74, 6) is -0.0726. The molecule has 2 aromatic rings. The number of rotatable bonds is 2. The van der Waals surface area contributed by atoms with Crippen LogP contribution in [0.25, 0.3) is 5.57 Å². The minimum absolute atomic E-state index is 0.0535. The van der Waals surface area contributed by atoms with Crippen molar-refractivity contribution >= 4 is 46.4 Å². The van der Waals surface area contributed by atoms with Gasteiger partial charge in [0, 0.05) is 22.9 Å². The maximum atomic E-state index is 12.9. The third kappa shape index (κ3) is 2.76. The number of nitrogens with two attached hydrogens (primary N) is 1. The zero-order valence-electron chi connectivity index (χ0n) is 12.1. The lowest BCUT2D eigenvalue weighted by Crippen LogP contribution is -2.31. The van der Waals surface area contributed by atoms with Crippen molar-refractivity contribution in [2.75, 3.05) is 17.9 Å². The molecule has 0 atom stereocenters. The van der Waals surface area contributed by atoms with E-state index < -0.39 is 5.91 Å². The topological polar surface area (TPSA) is 81.3 Å². The van der Waals surface area contributed by atoms with Crippen LogP contribution in [0.3, 0.4) is 0 Å². The smallest absolute Gasteiger partial charge is 0.284 e. The van der Waals surface area contributed by atoms with Crippen LogP contribution in [0.15, 0.2) is 30.5 Å². The quantitative estimate of drug-likeness (QED) is 0.900. The normalized spacial score (nSPS) is 14.3. The highest BCUT2D eigenvalue weighted by molar-refractivity contribution is 6.41. The first-order valence-corrected chi connectivity index (χ1v) is 7.43. The van der Waals surface area contributed by atoms with Gasteiger partial charge in [-0.25, -0.2) is 4.98 Å². The Morgan fingerprint density at radius 3 is 2.65 bits per heavy atom. The Hall–Kier alpha value is -2.15. The molecule has 2 heterocycles. The lowest BCUT2D eigenvalue weighted by molar-refractivity contribution is -0.119. The highest BCUT2D eigenvalue weighted by Crippen LogP contribution is 2.35. The second-order valence-corrected chi connectivity index (χ2v) is 5.59. The number of hydroxylamine groups is 1. The second kappa shape index (κ2) is 6.16. The summed E-state index contributed by atoms with van der Waals surface area (Å²) in [5.41, 5.74) is 7.10. The standard InChI is InChI=1S/C15H12Cl2N4O2/c1-23-21-13-8(7-19-15(18)20-13)5-6-9(14(21)22)12-10(16)3-2-4-11(12)17/h2-4,6-7H,5H2,1H3,(H2,18,19,20). The highest BCUT2D eigenvalue weighted by Gasteiger charge is 2.30. The van der Waals surface area contributed by atoms with E-state index in [0.29, 0.717) is 39.0 Å². The van der Waals surface area contributed by atoms with Gasteiger partial charge >= 0.3 is 0 Å². The average molecular weight is 351 g/mol. The van der Waals surface area contributed by atoms with E-state index in [9.17, 15) is 4.79 Å². The number of anilines is 2. The van der Waals surface area contributed by atoms with Gasteiger partial charge in [0.15, 0.2) is 5.82 Å². The molecule has 1 aliphatic heterocycles. The fourth-order valence-corrected chi connectivity index (χ4v) is 2.97. The molecule has 6 nitrogen and oxygen atoms in total. The molecule has 118 valence electrons. The Labute approximate surface area is 142 Å². The van der Waals surface area contributed by atoms with Gasteiger partial charge in [0.2, 0.25) is 5.95 Å². The van der Waals surface area contributed by atoms with Crippen molar-refractivity contribution in [1.82, 2.24) is 9.97 Å². The molecule has 1 aromatic heterocycles. The zero-order valence-corrected chi connectivity index (χ0v) is 13.6. The van der Waals surface area contributed by atoms with Crippen LogP contribution < -0.4 is 10.8 Å². The third-order valence-corrected chi connectivity index (χ3v) is 4.04. The lowest BCUT2D eigenvalue weighted by Gasteiger charge is -2.20. The number of aromatic nitrogens is 2. The zero-order chi connectivity index (χ0) is 16.6. The maximum Gasteiger partial charge on any atom is 0.284 e. The summed E-state index contributed by atoms with van der Waals surface area (Å²) in [5, 5.41) is 1.82. The summed E-state index contributed by atoms with van der Waals surface area (Å²) >= 11 is 12.4. The van der Waals surface area contributed by atoms with Crippen LogP contribution in [-0.4, -0.2) is 23.0 Å². The summed E-state index contributed by atoms with van der Waals surface area (Å²) in [6.45, 7) is 0. The molecule has 1 amide bonds. The lowest BCUT2D eigenvalue weighted by atomic mass is 10.0. The molecular weight excluding hydrogens is 339 g/mol. The number of halogens is 2. The molecule has 0 unspecified atom stereocenters. The number of nitrogens with zero attached hydrogens (tertiary/aromatic N) is 3. The largest absolute Gasteiger partial charge is 0.368 e. The molecule has 3 rings (SSSR count). The van der Waals surface area contributed by atoms with Crippen molar-refractivity contribution in [1.29, 1.82) is 0 Å². The van der Waals surface area contributed by atoms with E-state index in [1.165, 1.54) is 7.11 Å². The Kier molecular flexibility index (Phi) is 4.21. The molecule has 1 aromatic carbocycles. The van der Waals surface area contributed by atoms with Crippen molar-refractivity contribution in [3.8, 4) is 0 Å². The van der Waals surface area contributed by atoms with Gasteiger partial charge in [-0.1, -0.05) is 35.3 Å². The highest BCUT2D eigenvalue weighted by atomic mass is 35.5. The Balaban J connectivity index is 2.16. The number of hydrogen-bond donors (Lipinski definition) is 1. The van der Waals surface area contributed by atoms with Crippen LogP contribution >= 0.6 is 23.2 Å². The number of nitrogen functional groups attached to an aromatic ring is 1. The summed E-state index contributed by atoms with van der Waals surface area (Å²) < 4.78 is 0. The second-order valence-electron chi connectivity index (χ2n) is 4.78. The molecule has 0 aliphatic carbocycles. The van der Waals surface area contributed by atoms with E-state index in [1.807, 2.05) is 0 Å². The molecule has 0 spiro atoms. The fraction of sp³-hybridized carbons (Fsp3) is 0.133. The van der Waals surface area contributed by atoms with E-state index in [4.69, 9.17) is 33.8 Å². The van der Waals surface area contributed by atoms with Gasteiger partial charge in [0.1, 0.15) is 0 Å². The Morgan fingerprint density at radius 2 is 2.00 bits per heavy atom. The fourth-order valence-electron chi connectivity index (χ4n) is 2.37. The number of amides is 1. The van der Waals surface area contributed by atoms with E-state index in [1.54, 1.807) is 30.5 Å². The third-order valence-electron chi connectivity index (χ3n) is 3.41. The first-order valence-electron chi connectivity index (χ1n) is 6.67. The predicted octanol–water partition coefficient (Wildman–Crippen LogP) is 2.90. The monoisotopic (exact) mass is 350 g/mol. The van der Waals surface area contributed by atoms with Crippen molar-refractivity contribution in [2.45, 2.75) is 6.42 Å². The number of fused-ring (bicyclic) bond motifs is 1. The SMILES string of the molecule is CON1C(=O)C(c2c(Cl)cccc2Cl)=CCc2cnc(N)nc21. The summed E-state index contributed by atoms with van der Waals surface area (Å²) in [6, 6.07) is 5.05. The van der Waals surface area contributed by atoms with Gasteiger partial charge in [-0.15, -0.1) is 0 Å². The number of benzene rings is 1. The number of carbonyl (C=O) groups is 1. The molecule has 1 aliphatic rings. The van der Waals surface area contributed by atoms with Crippen LogP contribution in [0, 0.1) is 0 Å². The summed E-state index contributed by atoms with van der Waals surface area (Å²) in [6.07, 6.45) is 3.70. The van der Waals surface area contributed by atoms with Crippen LogP contribution in [0.2, 0.25) is 10.0 Å². The number of hydrogen-bond acceptors (Lipinski definition) is 5. The van der Waals surface area contributed by atoms with Gasteiger partial charge in [0.25, 0.3) is 5.91 Å². The minimum atomic E-state index is -0.431. The molecule has 0 saturated heterocycles. The van der Waals surface area contributed by atoms with Crippen LogP contribution in [0.4, 0.5) is 11.8 Å². The Morgan fingerprint density at radius 1 is 1.30 bits per heavy atom. The first-order chi connectivity index (χ1) is 11.0. The van der Waals surface area contributed by atoms with Gasteiger partial charge in [-0.2, -0.15) is 10.0 Å². The van der Waals surface area contributed by atoms with Crippen LogP contribution in [-0.2, 0) is 16.1 Å². The first kappa shape index (κ1) is 15.7. The molecular formula is C15H12Cl2N4O2. The molecule has 0 radical (unpaired) electrons. The molecule has 0 bridgehead atoms. The van der Waals surface area contributed by atoms with Gasteiger partial charge in [0.05, 0.1) is 17.2 Å². The number of allylic oxidation sites excluding steroid dienone is 1. The number of carbonyl (C=O) groups excluding carboxylic acids is 1. The van der Waals surface area contributed by atoms with Crippen molar-refractivity contribution < 1.29 is 9.63 Å². The molecule has 2 N–H and O–H groups in total. The average Bonchev–Trinajstić information content (AvgIpc) is 2.64. The van der Waals surface area contributed by atoms with Crippen molar-refractivity contribution in [3.63, 3.8) is 0 Å². The van der Waals surface area contributed by atoms with E-state index in [0.717, 1.165) is 5.06 Å². The van der Waals surface area contributed by atoms with Crippen molar-refractivity contribution in [3.05, 3.63) is 51.6 Å². The van der Waals surface area contributed by atoms with Crippen LogP contribution in [0.1, 0.15) is 11.1 Å². The predicted molar refractivity (Wildman–Crippen MR) is 89.1 cm³/mol. The minimum Gasteiger partial charge on any atom is -0.368 e. The van der Waals surface area contributed by atoms with Gasteiger partial charge < -0.3 is 5.73 Å². The van der Waals surface area contributed by atoms with E-state index in [-0.39, 0.29) is 5.95 Å². The molecule has 23 heavy (non-hydrogen) atoms. The Bertz CT molecular complexity index is 803. The van der Waals surface area contributed by atoms with Gasteiger partial charge in [-0.3, -0.25) is 9.63 Å². The maximum absolute atomic E-state index is 12.9. The van der Waals surface area contributed by atoms with Crippen molar-refractivity contribution in [2.24, 2.45) is 0 Å². The molecule has 0 fully saturated rings. The summed E-state index contributed by atoms with van der Waals surface area (Å²) in [4.78, 5) is 26.1.